The maximum Gasteiger partial charge on any atom is 0.0875 e. The molecule has 0 bridgehead atoms. The Bertz CT molecular complexity index is 474. The van der Waals surface area contributed by atoms with Crippen molar-refractivity contribution in [2.24, 2.45) is 11.8 Å². The lowest BCUT2D eigenvalue weighted by atomic mass is 9.95. The number of rotatable bonds is 10. The Labute approximate surface area is 134 Å². The first kappa shape index (κ1) is 17.0. The van der Waals surface area contributed by atoms with Crippen LogP contribution in [0.3, 0.4) is 0 Å². The van der Waals surface area contributed by atoms with Crippen molar-refractivity contribution in [3.63, 3.8) is 0 Å². The van der Waals surface area contributed by atoms with Crippen LogP contribution in [0.25, 0.3) is 0 Å². The Kier molecular flexibility index (Phi) is 6.88. The van der Waals surface area contributed by atoms with Gasteiger partial charge in [0.2, 0.25) is 0 Å². The lowest BCUT2D eigenvalue weighted by Gasteiger charge is -2.14. The zero-order valence-electron chi connectivity index (χ0n) is 13.8. The molecule has 0 amide bonds. The lowest BCUT2D eigenvalue weighted by Crippen LogP contribution is -2.09. The normalized spacial score (nSPS) is 20.5. The van der Waals surface area contributed by atoms with Gasteiger partial charge in [0.25, 0.3) is 0 Å². The smallest absolute Gasteiger partial charge is 0.0875 e. The first-order chi connectivity index (χ1) is 10.7. The molecule has 2 nitrogen and oxygen atoms in total. The Morgan fingerprint density at radius 1 is 1.41 bits per heavy atom. The number of allylic oxidation sites excluding steroid dienone is 2. The van der Waals surface area contributed by atoms with E-state index in [9.17, 15) is 0 Å². The molecule has 1 fully saturated rings. The summed E-state index contributed by atoms with van der Waals surface area (Å²) in [5.74, 6) is 1.03. The van der Waals surface area contributed by atoms with Gasteiger partial charge in [0.1, 0.15) is 0 Å². The van der Waals surface area contributed by atoms with E-state index < -0.39 is 0 Å². The van der Waals surface area contributed by atoms with E-state index in [1.807, 2.05) is 12.1 Å². The first-order valence-electron chi connectivity index (χ1n) is 8.20. The third-order valence-corrected chi connectivity index (χ3v) is 3.96. The Morgan fingerprint density at radius 2 is 2.14 bits per heavy atom. The van der Waals surface area contributed by atoms with E-state index in [1.54, 1.807) is 0 Å². The van der Waals surface area contributed by atoms with Gasteiger partial charge in [-0.05, 0) is 31.2 Å². The number of ether oxygens (including phenoxy) is 2. The summed E-state index contributed by atoms with van der Waals surface area (Å²) in [4.78, 5) is 0. The van der Waals surface area contributed by atoms with Gasteiger partial charge in [-0.3, -0.25) is 0 Å². The molecule has 2 heteroatoms. The fraction of sp³-hybridized carbons (Fsp3) is 0.500. The van der Waals surface area contributed by atoms with Crippen LogP contribution in [-0.4, -0.2) is 19.3 Å². The number of benzene rings is 1. The number of hydrogen-bond donors (Lipinski definition) is 0. The fourth-order valence-electron chi connectivity index (χ4n) is 2.82. The standard InChI is InChI=1S/C20H28O2/c1-4-8-19(20-15-22-20)12-16(2)11-17(3)13-21-14-18-9-6-5-7-10-18/h4-7,9-10,12,17,19-20H,1,8,11,13-15H2,2-3H3/b16-12+/t17-,19+,20-/m0/s1. The van der Waals surface area contributed by atoms with E-state index in [0.29, 0.717) is 24.5 Å². The third-order valence-electron chi connectivity index (χ3n) is 3.96. The Balaban J connectivity index is 1.71. The van der Waals surface area contributed by atoms with E-state index in [1.165, 1.54) is 11.1 Å². The minimum atomic E-state index is 0.414. The Hall–Kier alpha value is -1.38. The highest BCUT2D eigenvalue weighted by molar-refractivity contribution is 5.13. The Morgan fingerprint density at radius 3 is 2.77 bits per heavy atom. The lowest BCUT2D eigenvalue weighted by molar-refractivity contribution is 0.0921. The maximum absolute atomic E-state index is 5.83. The summed E-state index contributed by atoms with van der Waals surface area (Å²) in [5, 5.41) is 0. The topological polar surface area (TPSA) is 21.8 Å². The quantitative estimate of drug-likeness (QED) is 0.459. The summed E-state index contributed by atoms with van der Waals surface area (Å²) in [7, 11) is 0. The van der Waals surface area contributed by atoms with Gasteiger partial charge in [-0.1, -0.05) is 55.0 Å². The second-order valence-electron chi connectivity index (χ2n) is 6.38. The van der Waals surface area contributed by atoms with Crippen molar-refractivity contribution in [1.29, 1.82) is 0 Å². The van der Waals surface area contributed by atoms with Crippen LogP contribution in [0.5, 0.6) is 0 Å². The molecule has 3 atom stereocenters. The van der Waals surface area contributed by atoms with Crippen molar-refractivity contribution in [2.75, 3.05) is 13.2 Å². The van der Waals surface area contributed by atoms with Crippen LogP contribution in [0.2, 0.25) is 0 Å². The van der Waals surface area contributed by atoms with Crippen LogP contribution < -0.4 is 0 Å². The van der Waals surface area contributed by atoms with Crippen molar-refractivity contribution >= 4 is 0 Å². The van der Waals surface area contributed by atoms with E-state index >= 15 is 0 Å². The molecule has 0 unspecified atom stereocenters. The van der Waals surface area contributed by atoms with Crippen LogP contribution in [0.1, 0.15) is 32.3 Å². The van der Waals surface area contributed by atoms with Crippen molar-refractivity contribution < 1.29 is 9.47 Å². The molecule has 0 aromatic heterocycles. The highest BCUT2D eigenvalue weighted by Crippen LogP contribution is 2.27. The average Bonchev–Trinajstić information content (AvgIpc) is 3.32. The molecular formula is C20H28O2. The van der Waals surface area contributed by atoms with Gasteiger partial charge < -0.3 is 9.47 Å². The van der Waals surface area contributed by atoms with Gasteiger partial charge in [-0.25, -0.2) is 0 Å². The summed E-state index contributed by atoms with van der Waals surface area (Å²) in [5.41, 5.74) is 2.66. The molecule has 1 aliphatic heterocycles. The van der Waals surface area contributed by atoms with Gasteiger partial charge in [0.05, 0.1) is 19.3 Å². The predicted molar refractivity (Wildman–Crippen MR) is 91.7 cm³/mol. The van der Waals surface area contributed by atoms with Gasteiger partial charge in [0, 0.05) is 12.5 Å². The molecule has 0 aliphatic carbocycles. The second kappa shape index (κ2) is 8.92. The van der Waals surface area contributed by atoms with Gasteiger partial charge in [0.15, 0.2) is 0 Å². The average molecular weight is 300 g/mol. The zero-order chi connectivity index (χ0) is 15.8. The van der Waals surface area contributed by atoms with Crippen molar-refractivity contribution in [1.82, 2.24) is 0 Å². The second-order valence-corrected chi connectivity index (χ2v) is 6.38. The first-order valence-corrected chi connectivity index (χ1v) is 8.20. The highest BCUT2D eigenvalue weighted by atomic mass is 16.6. The van der Waals surface area contributed by atoms with Crippen molar-refractivity contribution in [2.45, 2.75) is 39.4 Å². The molecule has 120 valence electrons. The van der Waals surface area contributed by atoms with Crippen LogP contribution in [0, 0.1) is 11.8 Å². The predicted octanol–water partition coefficient (Wildman–Crippen LogP) is 4.77. The summed E-state index contributed by atoms with van der Waals surface area (Å²) in [6.45, 7) is 10.7. The maximum atomic E-state index is 5.83. The van der Waals surface area contributed by atoms with Crippen LogP contribution in [0.4, 0.5) is 0 Å². The van der Waals surface area contributed by atoms with Crippen LogP contribution in [0.15, 0.2) is 54.6 Å². The van der Waals surface area contributed by atoms with E-state index in [0.717, 1.165) is 26.1 Å². The molecule has 22 heavy (non-hydrogen) atoms. The SMILES string of the molecule is C=CC[C@H](/C=C(\C)C[C@H](C)COCc1ccccc1)[C@@H]1CO1. The molecule has 0 spiro atoms. The fourth-order valence-corrected chi connectivity index (χ4v) is 2.82. The zero-order valence-corrected chi connectivity index (χ0v) is 13.8. The van der Waals surface area contributed by atoms with Crippen LogP contribution in [-0.2, 0) is 16.1 Å². The number of hydrogen-bond acceptors (Lipinski definition) is 2. The molecule has 1 aromatic carbocycles. The number of epoxide rings is 1. The molecule has 2 rings (SSSR count). The molecule has 1 aromatic rings. The summed E-state index contributed by atoms with van der Waals surface area (Å²) >= 11 is 0. The minimum absolute atomic E-state index is 0.414. The minimum Gasteiger partial charge on any atom is -0.376 e. The summed E-state index contributed by atoms with van der Waals surface area (Å²) < 4.78 is 11.3. The van der Waals surface area contributed by atoms with Crippen molar-refractivity contribution in [3.05, 3.63) is 60.2 Å². The monoisotopic (exact) mass is 300 g/mol. The van der Waals surface area contributed by atoms with E-state index in [4.69, 9.17) is 9.47 Å². The van der Waals surface area contributed by atoms with Gasteiger partial charge in [-0.15, -0.1) is 6.58 Å². The highest BCUT2D eigenvalue weighted by Gasteiger charge is 2.30. The molecule has 1 saturated heterocycles. The van der Waals surface area contributed by atoms with Crippen molar-refractivity contribution in [3.8, 4) is 0 Å². The van der Waals surface area contributed by atoms with Gasteiger partial charge >= 0.3 is 0 Å². The summed E-state index contributed by atoms with van der Waals surface area (Å²) in [6, 6.07) is 10.3. The molecule has 0 N–H and O–H groups in total. The summed E-state index contributed by atoms with van der Waals surface area (Å²) in [6.07, 6.45) is 6.85. The van der Waals surface area contributed by atoms with E-state index in [-0.39, 0.29) is 0 Å². The molecule has 1 heterocycles. The molecule has 0 radical (unpaired) electrons. The molecular weight excluding hydrogens is 272 g/mol. The van der Waals surface area contributed by atoms with Crippen LogP contribution >= 0.6 is 0 Å². The van der Waals surface area contributed by atoms with Gasteiger partial charge in [-0.2, -0.15) is 0 Å². The van der Waals surface area contributed by atoms with E-state index in [2.05, 4.69) is 50.8 Å². The molecule has 1 aliphatic rings. The molecule has 0 saturated carbocycles. The largest absolute Gasteiger partial charge is 0.376 e. The third kappa shape index (κ3) is 6.17.